The van der Waals surface area contributed by atoms with Crippen molar-refractivity contribution < 1.29 is 32.3 Å². The summed E-state index contributed by atoms with van der Waals surface area (Å²) in [6.45, 7) is 0. The lowest BCUT2D eigenvalue weighted by Gasteiger charge is -2.36. The van der Waals surface area contributed by atoms with Crippen molar-refractivity contribution in [2.45, 2.75) is 37.4 Å². The smallest absolute Gasteiger partial charge is 0.416 e. The molecule has 3 aromatic rings. The zero-order valence-corrected chi connectivity index (χ0v) is 19.0. The molecule has 36 heavy (non-hydrogen) atoms. The molecule has 0 radical (unpaired) electrons. The Labute approximate surface area is 203 Å². The molecule has 2 aliphatic carbocycles. The molecule has 0 bridgehead atoms. The molecule has 9 heteroatoms. The highest BCUT2D eigenvalue weighted by atomic mass is 19.4. The number of amides is 1. The summed E-state index contributed by atoms with van der Waals surface area (Å²) < 4.78 is 54.7. The number of hydrogen-bond donors (Lipinski definition) is 2. The van der Waals surface area contributed by atoms with Gasteiger partial charge in [-0.05, 0) is 55.2 Å². The van der Waals surface area contributed by atoms with Gasteiger partial charge in [0, 0.05) is 23.7 Å². The molecule has 1 saturated carbocycles. The van der Waals surface area contributed by atoms with Gasteiger partial charge < -0.3 is 14.8 Å². The molecule has 0 spiro atoms. The molecular weight excluding hydrogens is 476 g/mol. The fraction of sp³-hybridized carbons (Fsp3) is 0.259. The molecule has 2 aliphatic rings. The van der Waals surface area contributed by atoms with E-state index < -0.39 is 40.4 Å². The largest absolute Gasteiger partial charge is 0.481 e. The third-order valence-electron chi connectivity index (χ3n) is 7.10. The number of benzene rings is 1. The summed E-state index contributed by atoms with van der Waals surface area (Å²) in [6, 6.07) is 10.4. The Morgan fingerprint density at radius 2 is 1.75 bits per heavy atom. The lowest BCUT2D eigenvalue weighted by Crippen LogP contribution is -2.54. The first-order chi connectivity index (χ1) is 17.0. The van der Waals surface area contributed by atoms with Gasteiger partial charge in [-0.2, -0.15) is 13.2 Å². The van der Waals surface area contributed by atoms with Crippen LogP contribution in [-0.4, -0.2) is 26.9 Å². The van der Waals surface area contributed by atoms with Gasteiger partial charge in [0.05, 0.1) is 11.1 Å². The number of pyridine rings is 1. The Morgan fingerprint density at radius 3 is 2.33 bits per heavy atom. The van der Waals surface area contributed by atoms with E-state index in [1.807, 2.05) is 0 Å². The number of alkyl halides is 3. The molecule has 1 fully saturated rings. The molecule has 1 aromatic carbocycles. The Kier molecular flexibility index (Phi) is 5.54. The number of carboxylic acids is 1. The van der Waals surface area contributed by atoms with E-state index in [9.17, 15) is 32.3 Å². The van der Waals surface area contributed by atoms with Crippen LogP contribution in [0.3, 0.4) is 0 Å². The number of nitrogens with one attached hydrogen (secondary N) is 1. The number of allylic oxidation sites excluding steroid dienone is 3. The average Bonchev–Trinajstić information content (AvgIpc) is 3.52. The van der Waals surface area contributed by atoms with Crippen molar-refractivity contribution in [3.63, 3.8) is 0 Å². The van der Waals surface area contributed by atoms with Crippen molar-refractivity contribution in [2.75, 3.05) is 0 Å². The number of fused-ring (bicyclic) bond motifs is 1. The Hall–Kier alpha value is -3.88. The van der Waals surface area contributed by atoms with E-state index >= 15 is 0 Å². The van der Waals surface area contributed by atoms with Crippen molar-refractivity contribution in [3.05, 3.63) is 101 Å². The van der Waals surface area contributed by atoms with Crippen LogP contribution in [0.4, 0.5) is 17.6 Å². The van der Waals surface area contributed by atoms with Crippen LogP contribution in [0.1, 0.15) is 46.6 Å². The number of hydrogen-bond acceptors (Lipinski definition) is 2. The summed E-state index contributed by atoms with van der Waals surface area (Å²) >= 11 is 0. The summed E-state index contributed by atoms with van der Waals surface area (Å²) in [5.41, 5.74) is -1.52. The maximum Gasteiger partial charge on any atom is 0.416 e. The van der Waals surface area contributed by atoms with Gasteiger partial charge in [-0.3, -0.25) is 9.59 Å². The van der Waals surface area contributed by atoms with Crippen molar-refractivity contribution in [2.24, 2.45) is 5.41 Å². The maximum absolute atomic E-state index is 14.4. The Morgan fingerprint density at radius 1 is 1.03 bits per heavy atom. The van der Waals surface area contributed by atoms with E-state index in [1.54, 1.807) is 40.8 Å². The number of carbonyl (C=O) groups is 2. The average molecular weight is 498 g/mol. The van der Waals surface area contributed by atoms with Crippen molar-refractivity contribution in [1.82, 2.24) is 9.72 Å². The van der Waals surface area contributed by atoms with Gasteiger partial charge in [0.25, 0.3) is 5.91 Å². The molecule has 1 atom stereocenters. The number of carbonyl (C=O) groups excluding carboxylic acids is 1. The van der Waals surface area contributed by atoms with Gasteiger partial charge in [-0.15, -0.1) is 0 Å². The molecule has 0 aliphatic heterocycles. The number of halogens is 4. The zero-order chi connectivity index (χ0) is 25.7. The van der Waals surface area contributed by atoms with Crippen molar-refractivity contribution in [3.8, 4) is 0 Å². The normalized spacial score (nSPS) is 20.4. The molecule has 5 rings (SSSR count). The van der Waals surface area contributed by atoms with Gasteiger partial charge in [-0.1, -0.05) is 36.4 Å². The first-order valence-corrected chi connectivity index (χ1v) is 11.4. The van der Waals surface area contributed by atoms with Gasteiger partial charge in [0.15, 0.2) is 0 Å². The van der Waals surface area contributed by atoms with Gasteiger partial charge in [0.1, 0.15) is 16.9 Å². The van der Waals surface area contributed by atoms with E-state index in [-0.39, 0.29) is 18.5 Å². The van der Waals surface area contributed by atoms with E-state index in [0.29, 0.717) is 29.6 Å². The second-order valence-electron chi connectivity index (χ2n) is 9.32. The molecule has 2 aromatic heterocycles. The van der Waals surface area contributed by atoms with Crippen LogP contribution in [-0.2, 0) is 17.4 Å². The molecule has 186 valence electrons. The van der Waals surface area contributed by atoms with E-state index in [4.69, 9.17) is 0 Å². The Bertz CT molecular complexity index is 1420. The second-order valence-corrected chi connectivity index (χ2v) is 9.32. The highest BCUT2D eigenvalue weighted by molar-refractivity contribution is 5.95. The summed E-state index contributed by atoms with van der Waals surface area (Å²) in [5.74, 6) is -2.30. The van der Waals surface area contributed by atoms with Crippen LogP contribution in [0.5, 0.6) is 0 Å². The summed E-state index contributed by atoms with van der Waals surface area (Å²) in [5, 5.41) is 12.9. The molecule has 2 heterocycles. The summed E-state index contributed by atoms with van der Waals surface area (Å²) in [7, 11) is 0. The minimum absolute atomic E-state index is 0.0148. The van der Waals surface area contributed by atoms with Crippen molar-refractivity contribution in [1.29, 1.82) is 0 Å². The van der Waals surface area contributed by atoms with Gasteiger partial charge in [-0.25, -0.2) is 4.39 Å². The van der Waals surface area contributed by atoms with Crippen LogP contribution < -0.4 is 5.32 Å². The lowest BCUT2D eigenvalue weighted by molar-refractivity contribution is -0.148. The standard InChI is InChI=1S/C27H22F4N2O3/c28-19-15-21-9-8-20(14-17-4-6-18(7-5-17)27(29,30)31)33(21)22(16-19)23(34)32-26(12-13-26)25(24(35)36)10-2-1-3-11-25/h1-10,15-16H,11-14H2,(H,32,34)(H,35,36). The van der Waals surface area contributed by atoms with Gasteiger partial charge in [0.2, 0.25) is 0 Å². The van der Waals surface area contributed by atoms with E-state index in [1.165, 1.54) is 18.2 Å². The quantitative estimate of drug-likeness (QED) is 0.439. The predicted octanol–water partition coefficient (Wildman–Crippen LogP) is 5.54. The van der Waals surface area contributed by atoms with Gasteiger partial charge >= 0.3 is 12.1 Å². The fourth-order valence-electron chi connectivity index (χ4n) is 5.03. The van der Waals surface area contributed by atoms with Crippen molar-refractivity contribution >= 4 is 17.4 Å². The molecule has 1 unspecified atom stereocenters. The minimum Gasteiger partial charge on any atom is -0.481 e. The van der Waals surface area contributed by atoms with E-state index in [0.717, 1.165) is 18.2 Å². The van der Waals surface area contributed by atoms with E-state index in [2.05, 4.69) is 5.32 Å². The number of rotatable bonds is 6. The zero-order valence-electron chi connectivity index (χ0n) is 19.0. The number of aliphatic carboxylic acids is 1. The number of nitrogens with zero attached hydrogens (tertiary/aromatic N) is 1. The minimum atomic E-state index is -4.45. The topological polar surface area (TPSA) is 70.8 Å². The third-order valence-corrected chi connectivity index (χ3v) is 7.10. The monoisotopic (exact) mass is 498 g/mol. The predicted molar refractivity (Wildman–Crippen MR) is 124 cm³/mol. The second kappa shape index (κ2) is 8.36. The summed E-state index contributed by atoms with van der Waals surface area (Å²) in [4.78, 5) is 25.8. The number of aromatic nitrogens is 1. The lowest BCUT2D eigenvalue weighted by atomic mass is 9.72. The SMILES string of the molecule is O=C(NC1(C2(C(=O)O)C=CC=CC2)CC1)c1cc(F)cc2ccc(Cc3ccc(C(F)(F)F)cc3)n12. The molecule has 1 amide bonds. The maximum atomic E-state index is 14.4. The third kappa shape index (κ3) is 3.98. The fourth-order valence-corrected chi connectivity index (χ4v) is 5.03. The first-order valence-electron chi connectivity index (χ1n) is 11.4. The van der Waals surface area contributed by atoms with Crippen LogP contribution in [0.25, 0.3) is 5.52 Å². The Balaban J connectivity index is 1.48. The van der Waals surface area contributed by atoms with Crippen LogP contribution in [0, 0.1) is 11.2 Å². The highest BCUT2D eigenvalue weighted by Gasteiger charge is 2.63. The number of carboxylic acid groups (broad SMARTS) is 1. The van der Waals surface area contributed by atoms with Crippen LogP contribution >= 0.6 is 0 Å². The molecule has 5 nitrogen and oxygen atoms in total. The van der Waals surface area contributed by atoms with Crippen LogP contribution in [0.15, 0.2) is 72.8 Å². The summed E-state index contributed by atoms with van der Waals surface area (Å²) in [6.07, 6.45) is 3.65. The molecule has 2 N–H and O–H groups in total. The van der Waals surface area contributed by atoms with Crippen LogP contribution in [0.2, 0.25) is 0 Å². The molecule has 0 saturated heterocycles. The first kappa shape index (κ1) is 23.8. The highest BCUT2D eigenvalue weighted by Crippen LogP contribution is 2.54. The molecular formula is C27H22F4N2O3.